The van der Waals surface area contributed by atoms with Crippen LogP contribution in [0.2, 0.25) is 0 Å². The number of rotatable bonds is 6. The highest BCUT2D eigenvalue weighted by atomic mass is 32.2. The van der Waals surface area contributed by atoms with E-state index in [4.69, 9.17) is 10.5 Å². The van der Waals surface area contributed by atoms with Crippen LogP contribution in [0.3, 0.4) is 0 Å². The molecule has 1 unspecified atom stereocenters. The van der Waals surface area contributed by atoms with Crippen LogP contribution in [-0.4, -0.2) is 15.3 Å². The van der Waals surface area contributed by atoms with E-state index >= 15 is 0 Å². The molecule has 0 aliphatic rings. The topological polar surface area (TPSA) is 101 Å². The second-order valence-corrected chi connectivity index (χ2v) is 8.72. The van der Waals surface area contributed by atoms with Gasteiger partial charge < -0.3 is 20.2 Å². The largest absolute Gasteiger partial charge is 0.710 e. The fraction of sp³-hybridized carbons (Fsp3) is 0.174. The first kappa shape index (κ1) is 20.3. The Hall–Kier alpha value is -3.00. The number of fused-ring (bicyclic) bond motifs is 1. The van der Waals surface area contributed by atoms with Crippen molar-refractivity contribution in [3.8, 4) is 22.6 Å². The molecule has 0 aliphatic heterocycles. The molecule has 6 nitrogen and oxygen atoms in total. The number of nitrogens with zero attached hydrogens (tertiary/aromatic N) is 1. The van der Waals surface area contributed by atoms with Gasteiger partial charge in [0.2, 0.25) is 0 Å². The SMILES string of the molecule is CC[S+]([O-])c1ccc(Oc2cccc(CN)c2)c(-c2cc(C)[n+]([O-])c3[nH]ccc23)c1. The van der Waals surface area contributed by atoms with Gasteiger partial charge in [0.05, 0.1) is 11.6 Å². The number of aryl methyl sites for hydroxylation is 1. The van der Waals surface area contributed by atoms with Crippen LogP contribution in [0.5, 0.6) is 11.5 Å². The summed E-state index contributed by atoms with van der Waals surface area (Å²) in [6, 6.07) is 16.8. The fourth-order valence-electron chi connectivity index (χ4n) is 3.47. The molecular weight excluding hydrogens is 398 g/mol. The molecule has 154 valence electrons. The van der Waals surface area contributed by atoms with Gasteiger partial charge in [-0.2, -0.15) is 0 Å². The quantitative estimate of drug-likeness (QED) is 0.277. The summed E-state index contributed by atoms with van der Waals surface area (Å²) in [5.41, 5.74) is 9.38. The van der Waals surface area contributed by atoms with Crippen molar-refractivity contribution in [2.45, 2.75) is 25.3 Å². The van der Waals surface area contributed by atoms with Crippen molar-refractivity contribution in [3.63, 3.8) is 0 Å². The molecule has 30 heavy (non-hydrogen) atoms. The van der Waals surface area contributed by atoms with E-state index in [0.29, 0.717) is 35.1 Å². The van der Waals surface area contributed by atoms with Gasteiger partial charge in [0.25, 0.3) is 5.65 Å². The Morgan fingerprint density at radius 2 is 1.93 bits per heavy atom. The Bertz CT molecular complexity index is 1210. The molecule has 0 saturated carbocycles. The van der Waals surface area contributed by atoms with E-state index in [-0.39, 0.29) is 0 Å². The van der Waals surface area contributed by atoms with Gasteiger partial charge >= 0.3 is 0 Å². The van der Waals surface area contributed by atoms with Gasteiger partial charge in [-0.25, -0.2) is 9.71 Å². The van der Waals surface area contributed by atoms with Gasteiger partial charge in [-0.05, 0) is 67.0 Å². The lowest BCUT2D eigenvalue weighted by molar-refractivity contribution is -0.586. The summed E-state index contributed by atoms with van der Waals surface area (Å²) >= 11 is -1.11. The van der Waals surface area contributed by atoms with Crippen LogP contribution in [-0.2, 0) is 17.7 Å². The maximum absolute atomic E-state index is 12.5. The van der Waals surface area contributed by atoms with Crippen LogP contribution >= 0.6 is 0 Å². The maximum atomic E-state index is 12.5. The minimum absolute atomic E-state index is 0.420. The lowest BCUT2D eigenvalue weighted by Gasteiger charge is -2.16. The second kappa shape index (κ2) is 8.39. The molecule has 0 spiro atoms. The van der Waals surface area contributed by atoms with E-state index in [1.807, 2.05) is 61.5 Å². The molecule has 2 aromatic heterocycles. The summed E-state index contributed by atoms with van der Waals surface area (Å²) in [5.74, 6) is 1.80. The van der Waals surface area contributed by atoms with Crippen LogP contribution in [0, 0.1) is 12.1 Å². The molecule has 4 aromatic rings. The second-order valence-electron chi connectivity index (χ2n) is 6.98. The molecule has 7 heteroatoms. The molecule has 0 aliphatic carbocycles. The molecule has 0 radical (unpaired) electrons. The van der Waals surface area contributed by atoms with Crippen molar-refractivity contribution in [2.75, 3.05) is 5.75 Å². The number of hydrogen-bond acceptors (Lipinski definition) is 4. The first-order valence-electron chi connectivity index (χ1n) is 9.71. The van der Waals surface area contributed by atoms with Crippen LogP contribution < -0.4 is 15.2 Å². The number of nitrogens with two attached hydrogens (primary N) is 1. The zero-order chi connectivity index (χ0) is 21.3. The van der Waals surface area contributed by atoms with Crippen LogP contribution in [0.25, 0.3) is 22.2 Å². The molecule has 0 fully saturated rings. The van der Waals surface area contributed by atoms with Crippen molar-refractivity contribution in [2.24, 2.45) is 5.73 Å². The minimum atomic E-state index is -1.11. The number of H-pyrrole nitrogens is 1. The first-order chi connectivity index (χ1) is 14.5. The van der Waals surface area contributed by atoms with Gasteiger partial charge in [0, 0.05) is 23.7 Å². The van der Waals surface area contributed by atoms with Gasteiger partial charge in [-0.3, -0.25) is 0 Å². The van der Waals surface area contributed by atoms with Crippen molar-refractivity contribution < 1.29 is 14.0 Å². The van der Waals surface area contributed by atoms with E-state index < -0.39 is 11.2 Å². The number of hydrogen-bond donors (Lipinski definition) is 2. The van der Waals surface area contributed by atoms with E-state index in [1.165, 1.54) is 0 Å². The van der Waals surface area contributed by atoms with Gasteiger partial charge in [0.1, 0.15) is 22.9 Å². The van der Waals surface area contributed by atoms with Crippen LogP contribution in [0.4, 0.5) is 0 Å². The summed E-state index contributed by atoms with van der Waals surface area (Å²) in [7, 11) is 0. The molecule has 0 bridgehead atoms. The molecule has 2 heterocycles. The highest BCUT2D eigenvalue weighted by molar-refractivity contribution is 7.91. The number of ether oxygens (including phenoxy) is 1. The Kier molecular flexibility index (Phi) is 5.67. The number of pyridine rings is 1. The lowest BCUT2D eigenvalue weighted by Crippen LogP contribution is -2.31. The Morgan fingerprint density at radius 3 is 2.70 bits per heavy atom. The summed E-state index contributed by atoms with van der Waals surface area (Å²) in [6.45, 7) is 4.07. The monoisotopic (exact) mass is 421 g/mol. The first-order valence-corrected chi connectivity index (χ1v) is 11.0. The number of benzene rings is 2. The summed E-state index contributed by atoms with van der Waals surface area (Å²) in [5, 5.41) is 13.2. The molecule has 0 saturated heterocycles. The lowest BCUT2D eigenvalue weighted by atomic mass is 10.0. The predicted molar refractivity (Wildman–Crippen MR) is 119 cm³/mol. The molecule has 1 atom stereocenters. The van der Waals surface area contributed by atoms with E-state index in [1.54, 1.807) is 13.1 Å². The average Bonchev–Trinajstić information content (AvgIpc) is 3.26. The van der Waals surface area contributed by atoms with Crippen molar-refractivity contribution >= 4 is 22.2 Å². The zero-order valence-corrected chi connectivity index (χ0v) is 17.7. The van der Waals surface area contributed by atoms with Crippen LogP contribution in [0.15, 0.2) is 65.7 Å². The fourth-order valence-corrected chi connectivity index (χ4v) is 4.27. The van der Waals surface area contributed by atoms with E-state index in [9.17, 15) is 9.76 Å². The van der Waals surface area contributed by atoms with Gasteiger partial charge in [0.15, 0.2) is 4.90 Å². The van der Waals surface area contributed by atoms with E-state index in [2.05, 4.69) is 4.98 Å². The highest BCUT2D eigenvalue weighted by Gasteiger charge is 2.20. The standard InChI is InChI=1S/C23H23N3O3S/c1-3-30(28)18-7-8-22(29-17-6-4-5-16(12-17)14-24)21(13-18)20-11-15(2)26(27)23-19(20)9-10-25-23/h4-13,25H,3,14,24H2,1-2H3. The Morgan fingerprint density at radius 1 is 1.10 bits per heavy atom. The summed E-state index contributed by atoms with van der Waals surface area (Å²) in [4.78, 5) is 3.73. The number of aromatic nitrogens is 2. The Labute approximate surface area is 178 Å². The third kappa shape index (κ3) is 3.75. The molecule has 4 rings (SSSR count). The molecular formula is C23H23N3O3S. The van der Waals surface area contributed by atoms with Crippen molar-refractivity contribution in [1.29, 1.82) is 0 Å². The maximum Gasteiger partial charge on any atom is 0.290 e. The average molecular weight is 422 g/mol. The van der Waals surface area contributed by atoms with Gasteiger partial charge in [-0.15, -0.1) is 0 Å². The summed E-state index contributed by atoms with van der Waals surface area (Å²) < 4.78 is 19.6. The Balaban J connectivity index is 1.90. The third-order valence-corrected chi connectivity index (χ3v) is 6.32. The summed E-state index contributed by atoms with van der Waals surface area (Å²) in [6.07, 6.45) is 1.74. The normalized spacial score (nSPS) is 12.3. The third-order valence-electron chi connectivity index (χ3n) is 5.02. The van der Waals surface area contributed by atoms with Gasteiger partial charge in [-0.1, -0.05) is 12.1 Å². The highest BCUT2D eigenvalue weighted by Crippen LogP contribution is 2.38. The number of nitrogens with one attached hydrogen (secondary N) is 1. The smallest absolute Gasteiger partial charge is 0.290 e. The molecule has 0 amide bonds. The molecule has 3 N–H and O–H groups in total. The minimum Gasteiger partial charge on any atom is -0.710 e. The van der Waals surface area contributed by atoms with Crippen molar-refractivity contribution in [1.82, 2.24) is 4.98 Å². The zero-order valence-electron chi connectivity index (χ0n) is 16.8. The molecule has 2 aromatic carbocycles. The van der Waals surface area contributed by atoms with Crippen molar-refractivity contribution in [3.05, 3.63) is 77.3 Å². The predicted octanol–water partition coefficient (Wildman–Crippen LogP) is 4.16. The van der Waals surface area contributed by atoms with Crippen LogP contribution in [0.1, 0.15) is 18.2 Å². The number of aromatic amines is 1. The van der Waals surface area contributed by atoms with E-state index in [0.717, 1.165) is 31.7 Å².